The number of hydrogen-bond acceptors (Lipinski definition) is 5. The summed E-state index contributed by atoms with van der Waals surface area (Å²) >= 11 is 1.53. The zero-order chi connectivity index (χ0) is 23.7. The molecule has 5 rings (SSSR count). The third-order valence-electron chi connectivity index (χ3n) is 6.54. The fourth-order valence-electron chi connectivity index (χ4n) is 4.86. The molecule has 7 heteroatoms. The largest absolute Gasteiger partial charge is 0.349 e. The highest BCUT2D eigenvalue weighted by Gasteiger charge is 2.29. The molecule has 1 aromatic carbocycles. The Hall–Kier alpha value is -3.32. The number of benzene rings is 1. The number of aryl methyl sites for hydroxylation is 1. The Morgan fingerprint density at radius 2 is 2.03 bits per heavy atom. The third-order valence-corrected chi connectivity index (χ3v) is 7.54. The fourth-order valence-corrected chi connectivity index (χ4v) is 5.64. The van der Waals surface area contributed by atoms with Gasteiger partial charge in [0, 0.05) is 35.1 Å². The van der Waals surface area contributed by atoms with Gasteiger partial charge in [-0.25, -0.2) is 4.98 Å². The second-order valence-corrected chi connectivity index (χ2v) is 10.2. The standard InChI is InChI=1S/C27H28N4O2S/c1-3-24(32)18-11-12-23-22(15-18)30-26(21-9-4-5-14-28-21)31(23)20-8-6-7-19(16-20)29-27(33)25-13-10-17(2)34-25/h4-5,9-15,19-20H,3,6-8,16H2,1-2H3,(H,29,33). The van der Waals surface area contributed by atoms with Crippen molar-refractivity contribution in [2.75, 3.05) is 0 Å². The molecule has 1 amide bonds. The average molecular weight is 473 g/mol. The first-order chi connectivity index (χ1) is 16.5. The van der Waals surface area contributed by atoms with Gasteiger partial charge in [0.2, 0.25) is 0 Å². The molecule has 1 aliphatic rings. The Balaban J connectivity index is 1.49. The van der Waals surface area contributed by atoms with Crippen LogP contribution in [0.15, 0.2) is 54.7 Å². The van der Waals surface area contributed by atoms with Crippen LogP contribution in [0.4, 0.5) is 0 Å². The number of imidazole rings is 1. The lowest BCUT2D eigenvalue weighted by atomic mass is 9.90. The van der Waals surface area contributed by atoms with E-state index in [0.717, 1.165) is 58.0 Å². The van der Waals surface area contributed by atoms with Crippen LogP contribution in [0.1, 0.15) is 70.0 Å². The molecule has 2 unspecified atom stereocenters. The smallest absolute Gasteiger partial charge is 0.261 e. The summed E-state index contributed by atoms with van der Waals surface area (Å²) in [6.45, 7) is 3.89. The normalized spacial score (nSPS) is 18.2. The first-order valence-electron chi connectivity index (χ1n) is 11.9. The summed E-state index contributed by atoms with van der Waals surface area (Å²) < 4.78 is 2.27. The number of pyridine rings is 1. The number of carbonyl (C=O) groups excluding carboxylic acids is 2. The van der Waals surface area contributed by atoms with Gasteiger partial charge in [0.1, 0.15) is 5.69 Å². The lowest BCUT2D eigenvalue weighted by Crippen LogP contribution is -2.38. The predicted molar refractivity (Wildman–Crippen MR) is 135 cm³/mol. The van der Waals surface area contributed by atoms with Crippen molar-refractivity contribution in [1.82, 2.24) is 19.9 Å². The average Bonchev–Trinajstić information content (AvgIpc) is 3.47. The molecule has 3 heterocycles. The van der Waals surface area contributed by atoms with Crippen molar-refractivity contribution in [3.05, 3.63) is 70.0 Å². The molecule has 4 aromatic rings. The molecule has 3 aromatic heterocycles. The number of ketones is 1. The molecule has 1 N–H and O–H groups in total. The predicted octanol–water partition coefficient (Wildman–Crippen LogP) is 5.97. The fraction of sp³-hybridized carbons (Fsp3) is 0.333. The molecule has 0 spiro atoms. The van der Waals surface area contributed by atoms with E-state index in [1.807, 2.05) is 62.4 Å². The first kappa shape index (κ1) is 22.5. The maximum Gasteiger partial charge on any atom is 0.261 e. The van der Waals surface area contributed by atoms with Gasteiger partial charge in [-0.3, -0.25) is 14.6 Å². The number of nitrogens with one attached hydrogen (secondary N) is 1. The molecular weight excluding hydrogens is 444 g/mol. The van der Waals surface area contributed by atoms with Crippen LogP contribution in [-0.4, -0.2) is 32.3 Å². The molecule has 0 aliphatic heterocycles. The van der Waals surface area contributed by atoms with Crippen molar-refractivity contribution in [3.8, 4) is 11.5 Å². The molecule has 0 radical (unpaired) electrons. The van der Waals surface area contributed by atoms with Gasteiger partial charge >= 0.3 is 0 Å². The summed E-state index contributed by atoms with van der Waals surface area (Å²) in [7, 11) is 0. The summed E-state index contributed by atoms with van der Waals surface area (Å²) in [5, 5.41) is 3.26. The van der Waals surface area contributed by atoms with Crippen molar-refractivity contribution in [2.45, 2.75) is 58.0 Å². The molecule has 1 saturated carbocycles. The Morgan fingerprint density at radius 1 is 1.15 bits per heavy atom. The number of Topliss-reactive ketones (excluding diaryl/α,β-unsaturated/α-hetero) is 1. The van der Waals surface area contributed by atoms with Crippen LogP contribution in [0, 0.1) is 6.92 Å². The lowest BCUT2D eigenvalue weighted by molar-refractivity contribution is 0.0924. The molecule has 0 saturated heterocycles. The molecule has 0 bridgehead atoms. The van der Waals surface area contributed by atoms with Crippen molar-refractivity contribution >= 4 is 34.1 Å². The summed E-state index contributed by atoms with van der Waals surface area (Å²) in [6.07, 6.45) is 6.06. The van der Waals surface area contributed by atoms with E-state index in [4.69, 9.17) is 4.98 Å². The van der Waals surface area contributed by atoms with Crippen LogP contribution in [0.5, 0.6) is 0 Å². The van der Waals surface area contributed by atoms with Crippen molar-refractivity contribution in [1.29, 1.82) is 0 Å². The number of nitrogens with zero attached hydrogens (tertiary/aromatic N) is 3. The van der Waals surface area contributed by atoms with Crippen LogP contribution in [0.2, 0.25) is 0 Å². The van der Waals surface area contributed by atoms with Crippen molar-refractivity contribution < 1.29 is 9.59 Å². The molecule has 6 nitrogen and oxygen atoms in total. The number of aromatic nitrogens is 3. The van der Waals surface area contributed by atoms with Crippen LogP contribution in [0.25, 0.3) is 22.6 Å². The number of hydrogen-bond donors (Lipinski definition) is 1. The number of rotatable bonds is 6. The quantitative estimate of drug-likeness (QED) is 0.351. The van der Waals surface area contributed by atoms with E-state index in [1.54, 1.807) is 6.20 Å². The number of amides is 1. The lowest BCUT2D eigenvalue weighted by Gasteiger charge is -2.31. The minimum Gasteiger partial charge on any atom is -0.349 e. The highest BCUT2D eigenvalue weighted by Crippen LogP contribution is 2.36. The van der Waals surface area contributed by atoms with E-state index in [9.17, 15) is 9.59 Å². The van der Waals surface area contributed by atoms with E-state index < -0.39 is 0 Å². The van der Waals surface area contributed by atoms with E-state index in [2.05, 4.69) is 14.9 Å². The van der Waals surface area contributed by atoms with Crippen LogP contribution in [-0.2, 0) is 0 Å². The van der Waals surface area contributed by atoms with E-state index in [0.29, 0.717) is 12.0 Å². The zero-order valence-corrected chi connectivity index (χ0v) is 20.3. The Bertz CT molecular complexity index is 1340. The maximum atomic E-state index is 12.8. The monoisotopic (exact) mass is 472 g/mol. The van der Waals surface area contributed by atoms with Gasteiger partial charge in [-0.15, -0.1) is 11.3 Å². The Labute approximate surface area is 203 Å². The summed E-state index contributed by atoms with van der Waals surface area (Å²) in [5.74, 6) is 0.926. The molecule has 34 heavy (non-hydrogen) atoms. The van der Waals surface area contributed by atoms with Crippen molar-refractivity contribution in [2.24, 2.45) is 0 Å². The van der Waals surface area contributed by atoms with Gasteiger partial charge in [-0.1, -0.05) is 13.0 Å². The molecule has 1 fully saturated rings. The van der Waals surface area contributed by atoms with Gasteiger partial charge in [-0.2, -0.15) is 0 Å². The van der Waals surface area contributed by atoms with Gasteiger partial charge in [0.05, 0.1) is 15.9 Å². The maximum absolute atomic E-state index is 12.8. The van der Waals surface area contributed by atoms with Crippen molar-refractivity contribution in [3.63, 3.8) is 0 Å². The van der Waals surface area contributed by atoms with Gasteiger partial charge in [-0.05, 0) is 75.1 Å². The van der Waals surface area contributed by atoms with E-state index >= 15 is 0 Å². The first-order valence-corrected chi connectivity index (χ1v) is 12.7. The molecule has 2 atom stereocenters. The van der Waals surface area contributed by atoms with Crippen LogP contribution in [0.3, 0.4) is 0 Å². The minimum absolute atomic E-state index is 0.00640. The SMILES string of the molecule is CCC(=O)c1ccc2c(c1)nc(-c1ccccn1)n2C1CCCC(NC(=O)c2ccc(C)s2)C1. The molecule has 174 valence electrons. The third kappa shape index (κ3) is 4.40. The highest BCUT2D eigenvalue weighted by molar-refractivity contribution is 7.13. The molecular formula is C27H28N4O2S. The highest BCUT2D eigenvalue weighted by atomic mass is 32.1. The van der Waals surface area contributed by atoms with E-state index in [1.165, 1.54) is 11.3 Å². The number of carbonyl (C=O) groups is 2. The second-order valence-electron chi connectivity index (χ2n) is 8.90. The summed E-state index contributed by atoms with van der Waals surface area (Å²) in [6, 6.07) is 15.8. The summed E-state index contributed by atoms with van der Waals surface area (Å²) in [4.78, 5) is 36.5. The number of fused-ring (bicyclic) bond motifs is 1. The Morgan fingerprint density at radius 3 is 2.76 bits per heavy atom. The van der Waals surface area contributed by atoms with Gasteiger partial charge < -0.3 is 9.88 Å². The van der Waals surface area contributed by atoms with Crippen LogP contribution >= 0.6 is 11.3 Å². The van der Waals surface area contributed by atoms with E-state index in [-0.39, 0.29) is 23.8 Å². The topological polar surface area (TPSA) is 76.9 Å². The van der Waals surface area contributed by atoms with Gasteiger partial charge in [0.15, 0.2) is 11.6 Å². The second kappa shape index (κ2) is 9.50. The minimum atomic E-state index is 0.00640. The van der Waals surface area contributed by atoms with Crippen LogP contribution < -0.4 is 5.32 Å². The zero-order valence-electron chi connectivity index (χ0n) is 19.5. The Kier molecular flexibility index (Phi) is 6.28. The molecule has 1 aliphatic carbocycles. The number of thiophene rings is 1. The van der Waals surface area contributed by atoms with Gasteiger partial charge in [0.25, 0.3) is 5.91 Å². The summed E-state index contributed by atoms with van der Waals surface area (Å²) in [5.41, 5.74) is 3.30.